The summed E-state index contributed by atoms with van der Waals surface area (Å²) in [6, 6.07) is 12.4. The highest BCUT2D eigenvalue weighted by atomic mass is 35.5. The lowest BCUT2D eigenvalue weighted by Gasteiger charge is -2.31. The van der Waals surface area contributed by atoms with Crippen LogP contribution >= 0.6 is 19.3 Å². The normalized spacial score (nSPS) is 15.3. The van der Waals surface area contributed by atoms with Gasteiger partial charge in [0.05, 0.1) is 17.6 Å². The number of imidazole rings is 1. The van der Waals surface area contributed by atoms with Crippen molar-refractivity contribution in [2.75, 3.05) is 12.3 Å². The summed E-state index contributed by atoms with van der Waals surface area (Å²) >= 11 is 6.02. The van der Waals surface area contributed by atoms with Crippen LogP contribution in [0.3, 0.4) is 0 Å². The van der Waals surface area contributed by atoms with Gasteiger partial charge in [0.25, 0.3) is 0 Å². The molecular weight excluding hydrogens is 609 g/mol. The first-order valence-corrected chi connectivity index (χ1v) is 16.4. The number of carbonyl (C=O) groups excluding carboxylic acids is 1. The number of carbonyl (C=O) groups is 1. The highest BCUT2D eigenvalue weighted by Crippen LogP contribution is 2.49. The second-order valence-electron chi connectivity index (χ2n) is 10.5. The van der Waals surface area contributed by atoms with E-state index in [1.165, 1.54) is 26.0 Å². The molecule has 0 radical (unpaired) electrons. The van der Waals surface area contributed by atoms with Gasteiger partial charge in [0.2, 0.25) is 0 Å². The molecule has 0 spiro atoms. The Kier molecular flexibility index (Phi) is 10.9. The van der Waals surface area contributed by atoms with Gasteiger partial charge < -0.3 is 29.4 Å². The summed E-state index contributed by atoms with van der Waals surface area (Å²) in [7, 11) is -4.47. The van der Waals surface area contributed by atoms with Crippen molar-refractivity contribution in [2.45, 2.75) is 78.5 Å². The Bertz CT molecular complexity index is 1640. The minimum absolute atomic E-state index is 0.102. The molecule has 12 nitrogen and oxygen atoms in total. The molecular formula is C30H39ClN5O7P. The number of aliphatic hydroxyl groups is 1. The molecule has 3 atom stereocenters. The average Bonchev–Trinajstić information content (AvgIpc) is 3.33. The number of nitrogen functional groups attached to an aromatic ring is 1. The lowest BCUT2D eigenvalue weighted by atomic mass is 10.2. The van der Waals surface area contributed by atoms with Crippen LogP contribution in [0.25, 0.3) is 21.9 Å². The Morgan fingerprint density at radius 2 is 1.82 bits per heavy atom. The molecule has 1 unspecified atom stereocenters. The number of benzene rings is 2. The van der Waals surface area contributed by atoms with Crippen LogP contribution in [0.2, 0.25) is 5.02 Å². The monoisotopic (exact) mass is 647 g/mol. The number of nitrogens with two attached hydrogens (primary N) is 1. The minimum Gasteiger partial charge on any atom is -0.461 e. The van der Waals surface area contributed by atoms with Crippen molar-refractivity contribution in [1.82, 2.24) is 19.6 Å². The van der Waals surface area contributed by atoms with Crippen LogP contribution in [0.5, 0.6) is 5.75 Å². The molecule has 0 amide bonds. The third kappa shape index (κ3) is 8.06. The fraction of sp³-hybridized carbons (Fsp3) is 0.433. The highest BCUT2D eigenvalue weighted by Gasteiger charge is 2.41. The van der Waals surface area contributed by atoms with Crippen LogP contribution in [0.4, 0.5) is 5.82 Å². The van der Waals surface area contributed by atoms with Crippen molar-refractivity contribution in [3.63, 3.8) is 0 Å². The molecule has 0 bridgehead atoms. The molecule has 0 saturated carbocycles. The summed E-state index contributed by atoms with van der Waals surface area (Å²) in [4.78, 5) is 22.0. The Morgan fingerprint density at radius 1 is 1.14 bits per heavy atom. The van der Waals surface area contributed by atoms with E-state index in [2.05, 4.69) is 15.1 Å². The van der Waals surface area contributed by atoms with E-state index in [-0.39, 0.29) is 30.8 Å². The second kappa shape index (κ2) is 14.2. The van der Waals surface area contributed by atoms with E-state index in [9.17, 15) is 14.5 Å². The van der Waals surface area contributed by atoms with Gasteiger partial charge in [-0.1, -0.05) is 43.6 Å². The van der Waals surface area contributed by atoms with Gasteiger partial charge >= 0.3 is 13.7 Å². The van der Waals surface area contributed by atoms with Gasteiger partial charge in [-0.15, -0.1) is 0 Å². The number of hydrogen-bond donors (Lipinski definition) is 3. The first-order chi connectivity index (χ1) is 20.9. The maximum absolute atomic E-state index is 14.3. The zero-order valence-electron chi connectivity index (χ0n) is 25.4. The predicted molar refractivity (Wildman–Crippen MR) is 169 cm³/mol. The number of hydrogen-bond acceptors (Lipinski definition) is 10. The second-order valence-corrected chi connectivity index (χ2v) is 12.6. The van der Waals surface area contributed by atoms with E-state index in [1.54, 1.807) is 16.7 Å². The number of fused-ring (bicyclic) bond motifs is 3. The molecule has 2 aromatic carbocycles. The largest absolute Gasteiger partial charge is 0.462 e. The molecule has 0 aliphatic rings. The molecule has 0 saturated heterocycles. The number of para-hydroxylation sites is 1. The van der Waals surface area contributed by atoms with Crippen LogP contribution in [-0.4, -0.2) is 50.2 Å². The molecule has 2 aromatic heterocycles. The van der Waals surface area contributed by atoms with Gasteiger partial charge in [0.1, 0.15) is 35.8 Å². The molecule has 0 aliphatic heterocycles. The fourth-order valence-electron chi connectivity index (χ4n) is 4.68. The fourth-order valence-corrected chi connectivity index (χ4v) is 6.50. The first kappa shape index (κ1) is 33.6. The Balaban J connectivity index is 1.72. The van der Waals surface area contributed by atoms with Gasteiger partial charge in [-0.3, -0.25) is 9.32 Å². The molecule has 4 rings (SSSR count). The molecule has 4 N–H and O–H groups in total. The molecule has 0 aliphatic carbocycles. The summed E-state index contributed by atoms with van der Waals surface area (Å²) in [6.07, 6.45) is 0.940. The SMILES string of the molecule is CCOCc1nc2c(N)nc3ccccc3c2n1CC(C)(O)O[P@@](=O)(N[C@@H](C)C(=O)OC(CC)CC)Oc1ccc(Cl)cc1. The lowest BCUT2D eigenvalue weighted by Crippen LogP contribution is -2.41. The Labute approximate surface area is 261 Å². The molecule has 14 heteroatoms. The van der Waals surface area contributed by atoms with Crippen LogP contribution < -0.4 is 15.3 Å². The van der Waals surface area contributed by atoms with E-state index < -0.39 is 25.5 Å². The van der Waals surface area contributed by atoms with Crippen molar-refractivity contribution in [3.05, 3.63) is 59.4 Å². The van der Waals surface area contributed by atoms with E-state index in [4.69, 9.17) is 35.9 Å². The van der Waals surface area contributed by atoms with E-state index in [1.807, 2.05) is 45.0 Å². The number of ether oxygens (including phenoxy) is 2. The first-order valence-electron chi connectivity index (χ1n) is 14.5. The summed E-state index contributed by atoms with van der Waals surface area (Å²) in [5, 5.41) is 15.5. The molecule has 238 valence electrons. The molecule has 2 heterocycles. The summed E-state index contributed by atoms with van der Waals surface area (Å²) in [6.45, 7) is 8.73. The Morgan fingerprint density at radius 3 is 2.48 bits per heavy atom. The van der Waals surface area contributed by atoms with Crippen molar-refractivity contribution in [3.8, 4) is 5.75 Å². The van der Waals surface area contributed by atoms with Gasteiger partial charge in [0.15, 0.2) is 11.6 Å². The van der Waals surface area contributed by atoms with Crippen molar-refractivity contribution in [2.24, 2.45) is 0 Å². The zero-order chi connectivity index (χ0) is 32.1. The zero-order valence-corrected chi connectivity index (χ0v) is 27.1. The number of nitrogens with one attached hydrogen (secondary N) is 1. The van der Waals surface area contributed by atoms with E-state index in [0.29, 0.717) is 46.8 Å². The standard InChI is InChI=1S/C30H39ClN5O7P/c1-6-21(7-2)41-29(37)19(4)35-44(39,42-22-15-13-20(31)14-16-22)43-30(5,38)18-36-25(17-40-8-3)34-26-27(36)23-11-9-10-12-24(23)33-28(26)32/h9-16,19,21,38H,6-8,17-18H2,1-5H3,(H2,32,33)(H,35,39)/t19-,30?,44+/m0/s1. The highest BCUT2D eigenvalue weighted by molar-refractivity contribution is 7.52. The van der Waals surface area contributed by atoms with E-state index in [0.717, 1.165) is 5.39 Å². The maximum atomic E-state index is 14.3. The lowest BCUT2D eigenvalue weighted by molar-refractivity contribution is -0.152. The van der Waals surface area contributed by atoms with Crippen molar-refractivity contribution < 1.29 is 33.0 Å². The van der Waals surface area contributed by atoms with Gasteiger partial charge in [-0.2, -0.15) is 5.09 Å². The number of pyridine rings is 1. The van der Waals surface area contributed by atoms with Crippen molar-refractivity contribution >= 4 is 53.1 Å². The third-order valence-electron chi connectivity index (χ3n) is 6.83. The van der Waals surface area contributed by atoms with Gasteiger partial charge in [-0.25, -0.2) is 14.5 Å². The number of rotatable bonds is 15. The number of aromatic nitrogens is 3. The summed E-state index contributed by atoms with van der Waals surface area (Å²) < 4.78 is 38.8. The molecule has 0 fully saturated rings. The van der Waals surface area contributed by atoms with Gasteiger partial charge in [-0.05, 0) is 63.9 Å². The topological polar surface area (TPSA) is 160 Å². The number of halogens is 1. The number of anilines is 1. The predicted octanol–water partition coefficient (Wildman–Crippen LogP) is 5.98. The quantitative estimate of drug-likeness (QED) is 0.0791. The minimum atomic E-state index is -4.47. The smallest absolute Gasteiger partial charge is 0.461 e. The van der Waals surface area contributed by atoms with Crippen LogP contribution in [-0.2, 0) is 36.5 Å². The van der Waals surface area contributed by atoms with Crippen molar-refractivity contribution in [1.29, 1.82) is 0 Å². The van der Waals surface area contributed by atoms with Crippen LogP contribution in [0.15, 0.2) is 48.5 Å². The molecule has 44 heavy (non-hydrogen) atoms. The summed E-state index contributed by atoms with van der Waals surface area (Å²) in [5.41, 5.74) is 7.93. The number of esters is 1. The third-order valence-corrected chi connectivity index (χ3v) is 8.87. The molecule has 4 aromatic rings. The summed E-state index contributed by atoms with van der Waals surface area (Å²) in [5.74, 6) is -1.99. The van der Waals surface area contributed by atoms with Crippen LogP contribution in [0.1, 0.15) is 53.3 Å². The average molecular weight is 648 g/mol. The van der Waals surface area contributed by atoms with Crippen LogP contribution in [0, 0.1) is 0 Å². The maximum Gasteiger partial charge on any atom is 0.462 e. The van der Waals surface area contributed by atoms with E-state index >= 15 is 0 Å². The number of nitrogens with zero attached hydrogens (tertiary/aromatic N) is 3. The van der Waals surface area contributed by atoms with Gasteiger partial charge in [0, 0.05) is 17.0 Å². The Hall–Kier alpha value is -3.25.